The van der Waals surface area contributed by atoms with Gasteiger partial charge in [-0.1, -0.05) is 0 Å². The molecule has 0 saturated heterocycles. The molecule has 0 saturated carbocycles. The molecule has 1 aromatic heterocycles. The number of pyridine rings is 1. The number of anilines is 1. The maximum Gasteiger partial charge on any atom is 0.255 e. The summed E-state index contributed by atoms with van der Waals surface area (Å²) in [6.45, 7) is 1.39. The van der Waals surface area contributed by atoms with Gasteiger partial charge in [0, 0.05) is 32.0 Å². The van der Waals surface area contributed by atoms with Crippen LogP contribution in [0.5, 0.6) is 0 Å². The van der Waals surface area contributed by atoms with Crippen molar-refractivity contribution in [2.45, 2.75) is 5.92 Å². The third-order valence-corrected chi connectivity index (χ3v) is 4.57. The first kappa shape index (κ1) is 18.5. The Morgan fingerprint density at radius 1 is 1.22 bits per heavy atom. The highest BCUT2D eigenvalue weighted by molar-refractivity contribution is 6.05. The summed E-state index contributed by atoms with van der Waals surface area (Å²) >= 11 is 0. The Hall–Kier alpha value is -3.24. The number of rotatable bonds is 5. The van der Waals surface area contributed by atoms with Gasteiger partial charge in [-0.25, -0.2) is 0 Å². The van der Waals surface area contributed by atoms with Crippen molar-refractivity contribution in [2.24, 2.45) is 0 Å². The van der Waals surface area contributed by atoms with Gasteiger partial charge in [-0.2, -0.15) is 5.26 Å². The number of nitrogens with zero attached hydrogens (tertiary/aromatic N) is 4. The van der Waals surface area contributed by atoms with Gasteiger partial charge < -0.3 is 15.1 Å². The largest absolute Gasteiger partial charge is 0.340 e. The zero-order valence-electron chi connectivity index (χ0n) is 15.6. The fourth-order valence-corrected chi connectivity index (χ4v) is 3.00. The molecule has 0 aliphatic carbocycles. The predicted molar refractivity (Wildman–Crippen MR) is 101 cm³/mol. The first-order valence-corrected chi connectivity index (χ1v) is 8.61. The lowest BCUT2D eigenvalue weighted by Crippen LogP contribution is -2.33. The molecule has 2 aromatic rings. The summed E-state index contributed by atoms with van der Waals surface area (Å²) in [7, 11) is 5.66. The zero-order chi connectivity index (χ0) is 19.6. The molecule has 27 heavy (non-hydrogen) atoms. The first-order chi connectivity index (χ1) is 12.9. The number of nitrogens with one attached hydrogen (secondary N) is 1. The van der Waals surface area contributed by atoms with Crippen molar-refractivity contribution >= 4 is 17.5 Å². The van der Waals surface area contributed by atoms with Gasteiger partial charge in [-0.3, -0.25) is 14.6 Å². The van der Waals surface area contributed by atoms with E-state index in [1.807, 2.05) is 19.0 Å². The molecule has 1 aliphatic rings. The van der Waals surface area contributed by atoms with Crippen molar-refractivity contribution in [3.8, 4) is 6.07 Å². The number of carbonyl (C=O) groups excluding carboxylic acids is 2. The molecule has 1 aromatic carbocycles. The van der Waals surface area contributed by atoms with E-state index in [9.17, 15) is 9.59 Å². The van der Waals surface area contributed by atoms with Crippen LogP contribution in [0.25, 0.3) is 0 Å². The van der Waals surface area contributed by atoms with Crippen LogP contribution in [0.15, 0.2) is 36.5 Å². The van der Waals surface area contributed by atoms with Crippen LogP contribution in [0.3, 0.4) is 0 Å². The summed E-state index contributed by atoms with van der Waals surface area (Å²) in [5.41, 5.74) is 2.94. The molecule has 1 unspecified atom stereocenters. The molecule has 7 heteroatoms. The van der Waals surface area contributed by atoms with Gasteiger partial charge in [-0.15, -0.1) is 0 Å². The van der Waals surface area contributed by atoms with E-state index in [0.29, 0.717) is 29.1 Å². The SMILES string of the molecule is CN(C)CCN(C)C(=O)c1ccc(C2C(=O)Nc3ccc(C#N)cc32)nc1. The van der Waals surface area contributed by atoms with Gasteiger partial charge in [0.25, 0.3) is 5.91 Å². The summed E-state index contributed by atoms with van der Waals surface area (Å²) in [4.78, 5) is 32.9. The number of benzene rings is 1. The third kappa shape index (κ3) is 3.81. The Kier molecular flexibility index (Phi) is 5.19. The van der Waals surface area contributed by atoms with Gasteiger partial charge >= 0.3 is 0 Å². The molecular formula is C20H21N5O2. The van der Waals surface area contributed by atoms with E-state index >= 15 is 0 Å². The summed E-state index contributed by atoms with van der Waals surface area (Å²) < 4.78 is 0. The van der Waals surface area contributed by atoms with E-state index in [4.69, 9.17) is 5.26 Å². The Bertz CT molecular complexity index is 915. The number of likely N-dealkylation sites (N-methyl/N-ethyl adjacent to an activating group) is 2. The normalized spacial score (nSPS) is 15.2. The highest BCUT2D eigenvalue weighted by Gasteiger charge is 2.33. The van der Waals surface area contributed by atoms with Crippen LogP contribution in [-0.4, -0.2) is 60.8 Å². The Labute approximate surface area is 158 Å². The van der Waals surface area contributed by atoms with Crippen molar-refractivity contribution in [3.63, 3.8) is 0 Å². The lowest BCUT2D eigenvalue weighted by Gasteiger charge is -2.19. The van der Waals surface area contributed by atoms with Crippen molar-refractivity contribution in [1.29, 1.82) is 5.26 Å². The average molecular weight is 363 g/mol. The number of aromatic nitrogens is 1. The Morgan fingerprint density at radius 3 is 2.63 bits per heavy atom. The third-order valence-electron chi connectivity index (χ3n) is 4.57. The molecule has 2 heterocycles. The molecule has 3 rings (SSSR count). The molecule has 0 spiro atoms. The van der Waals surface area contributed by atoms with Gasteiger partial charge in [0.2, 0.25) is 5.91 Å². The molecule has 0 bridgehead atoms. The molecule has 7 nitrogen and oxygen atoms in total. The van der Waals surface area contributed by atoms with E-state index in [2.05, 4.69) is 16.4 Å². The van der Waals surface area contributed by atoms with Gasteiger partial charge in [0.1, 0.15) is 5.92 Å². The fourth-order valence-electron chi connectivity index (χ4n) is 3.00. The van der Waals surface area contributed by atoms with Crippen LogP contribution >= 0.6 is 0 Å². The standard InChI is InChI=1S/C20H21N5O2/c1-24(2)8-9-25(3)20(27)14-5-7-17(22-12-14)18-15-10-13(11-21)4-6-16(15)23-19(18)26/h4-7,10,12,18H,8-9H2,1-3H3,(H,23,26). The van der Waals surface area contributed by atoms with Crippen LogP contribution in [0, 0.1) is 11.3 Å². The molecular weight excluding hydrogens is 342 g/mol. The molecule has 1 aliphatic heterocycles. The van der Waals surface area contributed by atoms with Crippen LogP contribution in [0.1, 0.15) is 33.1 Å². The highest BCUT2D eigenvalue weighted by Crippen LogP contribution is 2.36. The van der Waals surface area contributed by atoms with E-state index in [1.165, 1.54) is 6.20 Å². The van der Waals surface area contributed by atoms with E-state index in [1.54, 1.807) is 42.3 Å². The second kappa shape index (κ2) is 7.56. The summed E-state index contributed by atoms with van der Waals surface area (Å²) in [5.74, 6) is -0.877. The molecule has 1 N–H and O–H groups in total. The molecule has 2 amide bonds. The van der Waals surface area contributed by atoms with Crippen LogP contribution in [-0.2, 0) is 4.79 Å². The lowest BCUT2D eigenvalue weighted by molar-refractivity contribution is -0.116. The first-order valence-electron chi connectivity index (χ1n) is 8.61. The monoisotopic (exact) mass is 363 g/mol. The molecule has 0 fully saturated rings. The maximum absolute atomic E-state index is 12.5. The van der Waals surface area contributed by atoms with E-state index in [-0.39, 0.29) is 11.8 Å². The van der Waals surface area contributed by atoms with Crippen molar-refractivity contribution < 1.29 is 9.59 Å². The average Bonchev–Trinajstić information content (AvgIpc) is 3.00. The molecule has 1 atom stereocenters. The number of hydrogen-bond donors (Lipinski definition) is 1. The van der Waals surface area contributed by atoms with Crippen LogP contribution in [0.4, 0.5) is 5.69 Å². The smallest absolute Gasteiger partial charge is 0.255 e. The summed E-state index contributed by atoms with van der Waals surface area (Å²) in [6, 6.07) is 10.6. The predicted octanol–water partition coefficient (Wildman–Crippen LogP) is 1.67. The minimum Gasteiger partial charge on any atom is -0.340 e. The second-order valence-electron chi connectivity index (χ2n) is 6.84. The fraction of sp³-hybridized carbons (Fsp3) is 0.300. The van der Waals surface area contributed by atoms with Crippen molar-refractivity contribution in [2.75, 3.05) is 39.5 Å². The van der Waals surface area contributed by atoms with E-state index < -0.39 is 5.92 Å². The Balaban J connectivity index is 1.81. The molecule has 0 radical (unpaired) electrons. The van der Waals surface area contributed by atoms with E-state index in [0.717, 1.165) is 12.1 Å². The minimum atomic E-state index is -0.580. The summed E-state index contributed by atoms with van der Waals surface area (Å²) in [5, 5.41) is 11.9. The lowest BCUT2D eigenvalue weighted by atomic mass is 9.95. The van der Waals surface area contributed by atoms with Gasteiger partial charge in [0.05, 0.1) is 22.9 Å². The topological polar surface area (TPSA) is 89.3 Å². The van der Waals surface area contributed by atoms with Crippen molar-refractivity contribution in [3.05, 3.63) is 58.9 Å². The Morgan fingerprint density at radius 2 is 2.00 bits per heavy atom. The highest BCUT2D eigenvalue weighted by atomic mass is 16.2. The maximum atomic E-state index is 12.5. The van der Waals surface area contributed by atoms with Gasteiger partial charge in [0.15, 0.2) is 0 Å². The van der Waals surface area contributed by atoms with Crippen molar-refractivity contribution in [1.82, 2.24) is 14.8 Å². The quantitative estimate of drug-likeness (QED) is 0.873. The number of carbonyl (C=O) groups is 2. The number of amides is 2. The minimum absolute atomic E-state index is 0.112. The number of hydrogen-bond acceptors (Lipinski definition) is 5. The summed E-state index contributed by atoms with van der Waals surface area (Å²) in [6.07, 6.45) is 1.50. The van der Waals surface area contributed by atoms with Crippen LogP contribution in [0.2, 0.25) is 0 Å². The zero-order valence-corrected chi connectivity index (χ0v) is 15.6. The van der Waals surface area contributed by atoms with Crippen LogP contribution < -0.4 is 5.32 Å². The van der Waals surface area contributed by atoms with Gasteiger partial charge in [-0.05, 0) is 50.0 Å². The number of fused-ring (bicyclic) bond motifs is 1. The second-order valence-corrected chi connectivity index (χ2v) is 6.84. The molecule has 138 valence electrons. The number of nitriles is 1.